The lowest BCUT2D eigenvalue weighted by molar-refractivity contribution is -0.307. The van der Waals surface area contributed by atoms with E-state index < -0.39 is 55.2 Å². The number of alkyl halides is 8. The van der Waals surface area contributed by atoms with Crippen molar-refractivity contribution in [2.45, 2.75) is 56.1 Å². The third kappa shape index (κ3) is 7.19. The molecule has 4 atom stereocenters. The summed E-state index contributed by atoms with van der Waals surface area (Å²) in [5, 5.41) is 12.3. The maximum atomic E-state index is 14.1. The van der Waals surface area contributed by atoms with Gasteiger partial charge in [-0.25, -0.2) is 0 Å². The van der Waals surface area contributed by atoms with Crippen LogP contribution < -0.4 is 10.1 Å². The van der Waals surface area contributed by atoms with E-state index in [1.54, 1.807) is 6.07 Å². The predicted octanol–water partition coefficient (Wildman–Crippen LogP) is 8.34. The van der Waals surface area contributed by atoms with Crippen molar-refractivity contribution in [1.29, 1.82) is 0 Å². The summed E-state index contributed by atoms with van der Waals surface area (Å²) in [5.74, 6) is -7.51. The van der Waals surface area contributed by atoms with Crippen molar-refractivity contribution < 1.29 is 45.0 Å². The lowest BCUT2D eigenvalue weighted by Gasteiger charge is -2.39. The van der Waals surface area contributed by atoms with E-state index in [2.05, 4.69) is 5.32 Å². The molecule has 3 nitrogen and oxygen atoms in total. The summed E-state index contributed by atoms with van der Waals surface area (Å²) in [6.07, 6.45) is -14.2. The van der Waals surface area contributed by atoms with Crippen LogP contribution in [0.4, 0.5) is 35.1 Å². The van der Waals surface area contributed by atoms with Crippen LogP contribution in [0, 0.1) is 11.8 Å². The molecule has 37 heavy (non-hydrogen) atoms. The second-order valence-electron chi connectivity index (χ2n) is 8.91. The number of nitrogens with one attached hydrogen (secondary N) is 1. The molecule has 0 aliphatic heterocycles. The minimum atomic E-state index is -5.75. The van der Waals surface area contributed by atoms with Gasteiger partial charge < -0.3 is 15.2 Å². The fourth-order valence-electron chi connectivity index (χ4n) is 4.46. The first-order valence-electron chi connectivity index (χ1n) is 11.3. The average Bonchev–Trinajstić information content (AvgIpc) is 2.81. The van der Waals surface area contributed by atoms with Crippen molar-refractivity contribution in [3.8, 4) is 11.5 Å². The van der Waals surface area contributed by atoms with Gasteiger partial charge in [0.1, 0.15) is 16.5 Å². The van der Waals surface area contributed by atoms with Crippen molar-refractivity contribution >= 4 is 23.2 Å². The van der Waals surface area contributed by atoms with Crippen molar-refractivity contribution in [2.24, 2.45) is 11.8 Å². The van der Waals surface area contributed by atoms with E-state index in [4.69, 9.17) is 27.9 Å². The molecule has 4 unspecified atom stereocenters. The Morgan fingerprint density at radius 2 is 1.65 bits per heavy atom. The van der Waals surface area contributed by atoms with Crippen molar-refractivity contribution in [3.05, 3.63) is 58.1 Å². The molecule has 0 radical (unpaired) electrons. The van der Waals surface area contributed by atoms with Crippen LogP contribution in [0.25, 0.3) is 0 Å². The molecule has 206 valence electrons. The molecule has 1 saturated carbocycles. The highest BCUT2D eigenvalue weighted by molar-refractivity contribution is 6.42. The number of halogens is 10. The summed E-state index contributed by atoms with van der Waals surface area (Å²) in [5.41, 5.74) is 0.283. The van der Waals surface area contributed by atoms with Gasteiger partial charge in [-0.1, -0.05) is 47.8 Å². The molecule has 0 bridgehead atoms. The van der Waals surface area contributed by atoms with Crippen molar-refractivity contribution in [2.75, 3.05) is 6.54 Å². The Hall–Kier alpha value is -1.82. The number of benzene rings is 2. The van der Waals surface area contributed by atoms with Gasteiger partial charge in [-0.2, -0.15) is 35.1 Å². The van der Waals surface area contributed by atoms with E-state index in [-0.39, 0.29) is 46.4 Å². The highest BCUT2D eigenvalue weighted by atomic mass is 35.5. The highest BCUT2D eigenvalue weighted by Gasteiger charge is 2.62. The van der Waals surface area contributed by atoms with Crippen LogP contribution >= 0.6 is 23.2 Å². The summed E-state index contributed by atoms with van der Waals surface area (Å²) < 4.78 is 112. The molecular weight excluding hydrogens is 557 g/mol. The summed E-state index contributed by atoms with van der Waals surface area (Å²) >= 11 is 12.1. The van der Waals surface area contributed by atoms with Crippen molar-refractivity contribution in [3.63, 3.8) is 0 Å². The van der Waals surface area contributed by atoms with Crippen LogP contribution in [0.5, 0.6) is 11.5 Å². The molecule has 0 amide bonds. The van der Waals surface area contributed by atoms with E-state index in [1.807, 2.05) is 0 Å². The average molecular weight is 580 g/mol. The van der Waals surface area contributed by atoms with Gasteiger partial charge in [0, 0.05) is 18.5 Å². The third-order valence-corrected chi connectivity index (χ3v) is 7.15. The Balaban J connectivity index is 1.91. The minimum absolute atomic E-state index is 0.0231. The van der Waals surface area contributed by atoms with Gasteiger partial charge in [-0.05, 0) is 55.0 Å². The van der Waals surface area contributed by atoms with Crippen LogP contribution in [0.1, 0.15) is 37.3 Å². The number of rotatable bonds is 8. The molecule has 2 aromatic carbocycles. The molecule has 1 aliphatic rings. The molecule has 0 saturated heterocycles. The van der Waals surface area contributed by atoms with E-state index in [1.165, 1.54) is 36.4 Å². The normalized spacial score (nSPS) is 20.9. The second kappa shape index (κ2) is 11.5. The first-order valence-corrected chi connectivity index (χ1v) is 12.0. The molecule has 1 aliphatic carbocycles. The number of ether oxygens (including phenoxy) is 1. The van der Waals surface area contributed by atoms with Crippen LogP contribution in [-0.2, 0) is 0 Å². The molecule has 13 heteroatoms. The standard InChI is InChI=1S/C24H23Cl2F8NO2/c25-17-8-3-9-18(20(17)26)37-16-7-2-5-14(11-16)21(35-12-19(36)23(29,30)31)13-4-1-6-15(10-13)22(27,28)24(32,33)34/h2-3,5,7-9,11,13,15,19,21,35-36H,1,4,6,10,12H2. The van der Waals surface area contributed by atoms with Crippen LogP contribution in [0.15, 0.2) is 42.5 Å². The predicted molar refractivity (Wildman–Crippen MR) is 122 cm³/mol. The Morgan fingerprint density at radius 1 is 0.973 bits per heavy atom. The molecule has 0 heterocycles. The molecule has 3 rings (SSSR count). The SMILES string of the molecule is OC(CNC(c1cccc(Oc2cccc(Cl)c2Cl)c1)C1CCCC(C(F)(F)C(F)(F)F)C1)C(F)(F)F. The smallest absolute Gasteiger partial charge is 0.453 e. The maximum Gasteiger partial charge on any atom is 0.453 e. The Bertz CT molecular complexity index is 1060. The van der Waals surface area contributed by atoms with Gasteiger partial charge in [0.15, 0.2) is 6.10 Å². The zero-order chi connectivity index (χ0) is 27.6. The van der Waals surface area contributed by atoms with Gasteiger partial charge in [0.05, 0.1) is 5.02 Å². The van der Waals surface area contributed by atoms with E-state index in [9.17, 15) is 40.2 Å². The van der Waals surface area contributed by atoms with Gasteiger partial charge in [0.25, 0.3) is 0 Å². The first-order chi connectivity index (χ1) is 17.1. The lowest BCUT2D eigenvalue weighted by atomic mass is 9.73. The molecule has 2 aromatic rings. The molecule has 1 fully saturated rings. The van der Waals surface area contributed by atoms with Crippen LogP contribution in [0.3, 0.4) is 0 Å². The summed E-state index contributed by atoms with van der Waals surface area (Å²) in [6, 6.07) is 9.42. The molecular formula is C24H23Cl2F8NO2. The summed E-state index contributed by atoms with van der Waals surface area (Å²) in [6.45, 7) is -0.990. The van der Waals surface area contributed by atoms with E-state index >= 15 is 0 Å². The van der Waals surface area contributed by atoms with Crippen LogP contribution in [-0.4, -0.2) is 36.0 Å². The fourth-order valence-corrected chi connectivity index (χ4v) is 4.79. The molecule has 0 aromatic heterocycles. The number of aliphatic hydroxyl groups excluding tert-OH is 1. The lowest BCUT2D eigenvalue weighted by Crippen LogP contribution is -2.47. The van der Waals surface area contributed by atoms with E-state index in [0.717, 1.165) is 0 Å². The number of aliphatic hydroxyl groups is 1. The van der Waals surface area contributed by atoms with Gasteiger partial charge in [-0.3, -0.25) is 0 Å². The summed E-state index contributed by atoms with van der Waals surface area (Å²) in [7, 11) is 0. The summed E-state index contributed by atoms with van der Waals surface area (Å²) in [4.78, 5) is 0. The van der Waals surface area contributed by atoms with E-state index in [0.29, 0.717) is 0 Å². The quantitative estimate of drug-likeness (QED) is 0.309. The zero-order valence-corrected chi connectivity index (χ0v) is 20.5. The Labute approximate surface area is 217 Å². The third-order valence-electron chi connectivity index (χ3n) is 6.35. The number of hydrogen-bond acceptors (Lipinski definition) is 3. The molecule has 2 N–H and O–H groups in total. The monoisotopic (exact) mass is 579 g/mol. The maximum absolute atomic E-state index is 14.1. The Morgan fingerprint density at radius 3 is 2.30 bits per heavy atom. The zero-order valence-electron chi connectivity index (χ0n) is 19.0. The highest BCUT2D eigenvalue weighted by Crippen LogP contribution is 2.50. The molecule has 0 spiro atoms. The first kappa shape index (κ1) is 29.7. The largest absolute Gasteiger partial charge is 0.456 e. The van der Waals surface area contributed by atoms with Crippen molar-refractivity contribution in [1.82, 2.24) is 5.32 Å². The van der Waals surface area contributed by atoms with Gasteiger partial charge in [-0.15, -0.1) is 0 Å². The minimum Gasteiger partial charge on any atom is -0.456 e. The van der Waals surface area contributed by atoms with Crippen LogP contribution in [0.2, 0.25) is 10.0 Å². The fraction of sp³-hybridized carbons (Fsp3) is 0.500. The topological polar surface area (TPSA) is 41.5 Å². The van der Waals surface area contributed by atoms with Gasteiger partial charge >= 0.3 is 18.3 Å². The number of hydrogen-bond donors (Lipinski definition) is 2. The second-order valence-corrected chi connectivity index (χ2v) is 9.70. The van der Waals surface area contributed by atoms with Gasteiger partial charge in [0.2, 0.25) is 0 Å². The Kier molecular flexibility index (Phi) is 9.25.